The van der Waals surface area contributed by atoms with Gasteiger partial charge in [0, 0.05) is 5.69 Å². The molecule has 0 fully saturated rings. The van der Waals surface area contributed by atoms with Gasteiger partial charge in [0.15, 0.2) is 16.3 Å². The Morgan fingerprint density at radius 2 is 1.65 bits per heavy atom. The predicted octanol–water partition coefficient (Wildman–Crippen LogP) is 3.89. The number of hydrogen-bond acceptors (Lipinski definition) is 6. The fourth-order valence-corrected chi connectivity index (χ4v) is 5.42. The van der Waals surface area contributed by atoms with Crippen molar-refractivity contribution in [3.63, 3.8) is 0 Å². The molecule has 1 N–H and O–H groups in total. The van der Waals surface area contributed by atoms with Gasteiger partial charge in [-0.25, -0.2) is 4.99 Å². The van der Waals surface area contributed by atoms with E-state index < -0.39 is 6.04 Å². The fraction of sp³-hybridized carbons (Fsp3) is 0.138. The molecule has 1 aliphatic rings. The largest absolute Gasteiger partial charge is 0.493 e. The number of carbonyl (C=O) groups excluding carboxylic acids is 1. The first-order chi connectivity index (χ1) is 18.0. The third-order valence-corrected chi connectivity index (χ3v) is 7.10. The van der Waals surface area contributed by atoms with E-state index in [1.54, 1.807) is 37.9 Å². The van der Waals surface area contributed by atoms with Crippen molar-refractivity contribution in [2.24, 2.45) is 4.99 Å². The van der Waals surface area contributed by atoms with E-state index in [0.717, 1.165) is 11.1 Å². The van der Waals surface area contributed by atoms with Gasteiger partial charge in [0.25, 0.3) is 11.5 Å². The van der Waals surface area contributed by atoms with Gasteiger partial charge in [0.05, 0.1) is 36.1 Å². The first-order valence-corrected chi connectivity index (χ1v) is 12.5. The zero-order valence-electron chi connectivity index (χ0n) is 20.6. The van der Waals surface area contributed by atoms with Gasteiger partial charge in [-0.3, -0.25) is 14.2 Å². The Morgan fingerprint density at radius 3 is 2.32 bits per heavy atom. The molecule has 7 nitrogen and oxygen atoms in total. The maximum absolute atomic E-state index is 13.8. The van der Waals surface area contributed by atoms with Gasteiger partial charge in [0.2, 0.25) is 0 Å². The molecule has 5 rings (SSSR count). The molecule has 0 radical (unpaired) electrons. The molecular formula is C29H25N3O4S. The summed E-state index contributed by atoms with van der Waals surface area (Å²) in [7, 11) is 3.15. The second-order valence-corrected chi connectivity index (χ2v) is 9.44. The molecule has 0 saturated heterocycles. The second-order valence-electron chi connectivity index (χ2n) is 8.43. The third kappa shape index (κ3) is 4.71. The zero-order valence-corrected chi connectivity index (χ0v) is 21.4. The number of methoxy groups -OCH3 is 2. The molecule has 1 aromatic heterocycles. The van der Waals surface area contributed by atoms with Crippen molar-refractivity contribution in [3.05, 3.63) is 121 Å². The monoisotopic (exact) mass is 511 g/mol. The smallest absolute Gasteiger partial charge is 0.271 e. The Bertz CT molecular complexity index is 1670. The Labute approximate surface area is 217 Å². The number of anilines is 1. The number of amides is 1. The van der Waals surface area contributed by atoms with Gasteiger partial charge in [0.1, 0.15) is 0 Å². The second kappa shape index (κ2) is 10.3. The minimum absolute atomic E-state index is 0.218. The zero-order chi connectivity index (χ0) is 25.9. The summed E-state index contributed by atoms with van der Waals surface area (Å²) in [6.45, 7) is 1.81. The molecule has 0 saturated carbocycles. The van der Waals surface area contributed by atoms with Crippen molar-refractivity contribution in [1.29, 1.82) is 0 Å². The minimum Gasteiger partial charge on any atom is -0.493 e. The van der Waals surface area contributed by atoms with Crippen LogP contribution in [0.1, 0.15) is 24.1 Å². The molecule has 4 aromatic rings. The van der Waals surface area contributed by atoms with Gasteiger partial charge in [-0.1, -0.05) is 65.9 Å². The molecule has 0 aliphatic carbocycles. The van der Waals surface area contributed by atoms with Crippen LogP contribution in [0.3, 0.4) is 0 Å². The molecule has 1 aliphatic heterocycles. The van der Waals surface area contributed by atoms with E-state index in [1.807, 2.05) is 72.8 Å². The Kier molecular flexibility index (Phi) is 6.74. The summed E-state index contributed by atoms with van der Waals surface area (Å²) in [4.78, 5) is 32.5. The number of thiazole rings is 1. The molecule has 1 atom stereocenters. The highest BCUT2D eigenvalue weighted by Gasteiger charge is 2.32. The summed E-state index contributed by atoms with van der Waals surface area (Å²) in [5.74, 6) is 0.882. The van der Waals surface area contributed by atoms with Crippen LogP contribution in [-0.4, -0.2) is 24.7 Å². The van der Waals surface area contributed by atoms with E-state index in [4.69, 9.17) is 9.47 Å². The Hall–Kier alpha value is -4.43. The summed E-state index contributed by atoms with van der Waals surface area (Å²) in [6, 6.07) is 23.6. The molecule has 186 valence electrons. The van der Waals surface area contributed by atoms with Crippen LogP contribution in [-0.2, 0) is 4.79 Å². The van der Waals surface area contributed by atoms with Crippen LogP contribution >= 0.6 is 11.3 Å². The average molecular weight is 512 g/mol. The summed E-state index contributed by atoms with van der Waals surface area (Å²) in [5.41, 5.74) is 3.07. The maximum Gasteiger partial charge on any atom is 0.271 e. The molecule has 1 unspecified atom stereocenters. The number of aromatic nitrogens is 1. The number of benzene rings is 3. The standard InChI is InChI=1S/C29H25N3O4S/c1-18-25(27(33)31-21-12-8-5-9-13-21)26(20-10-6-4-7-11-20)32-28(34)24(37-29(32)30-18)17-19-14-15-22(35-2)23(16-19)36-3/h4-17,26H,1-3H3,(H,31,33). The molecule has 8 heteroatoms. The molecule has 1 amide bonds. The van der Waals surface area contributed by atoms with Gasteiger partial charge < -0.3 is 14.8 Å². The SMILES string of the molecule is COc1ccc(C=c2sc3n(c2=O)C(c2ccccc2)C(C(=O)Nc2ccccc2)=C(C)N=3)cc1OC. The van der Waals surface area contributed by atoms with Gasteiger partial charge >= 0.3 is 0 Å². The molecule has 2 heterocycles. The number of rotatable bonds is 6. The number of fused-ring (bicyclic) bond motifs is 1. The van der Waals surface area contributed by atoms with Crippen LogP contribution in [0.25, 0.3) is 6.08 Å². The van der Waals surface area contributed by atoms with Crippen LogP contribution in [0.15, 0.2) is 99.9 Å². The number of nitrogens with one attached hydrogen (secondary N) is 1. The number of carbonyl (C=O) groups is 1. The molecule has 0 bridgehead atoms. The highest BCUT2D eigenvalue weighted by atomic mass is 32.1. The van der Waals surface area contributed by atoms with Crippen molar-refractivity contribution < 1.29 is 14.3 Å². The van der Waals surface area contributed by atoms with E-state index in [1.165, 1.54) is 11.3 Å². The molecule has 3 aromatic carbocycles. The molecule has 37 heavy (non-hydrogen) atoms. The number of nitrogens with zero attached hydrogens (tertiary/aromatic N) is 2. The van der Waals surface area contributed by atoms with E-state index in [-0.39, 0.29) is 11.5 Å². The number of allylic oxidation sites excluding steroid dienone is 1. The number of para-hydroxylation sites is 1. The van der Waals surface area contributed by atoms with Crippen LogP contribution in [0.4, 0.5) is 5.69 Å². The first kappa shape index (κ1) is 24.3. The quantitative estimate of drug-likeness (QED) is 0.426. The third-order valence-electron chi connectivity index (χ3n) is 6.12. The Morgan fingerprint density at radius 1 is 0.973 bits per heavy atom. The van der Waals surface area contributed by atoms with Crippen LogP contribution < -0.4 is 29.7 Å². The van der Waals surface area contributed by atoms with E-state index in [9.17, 15) is 9.59 Å². The van der Waals surface area contributed by atoms with Crippen molar-refractivity contribution >= 4 is 29.0 Å². The summed E-state index contributed by atoms with van der Waals surface area (Å²) >= 11 is 1.29. The van der Waals surface area contributed by atoms with Gasteiger partial charge in [-0.2, -0.15) is 0 Å². The number of hydrogen-bond donors (Lipinski definition) is 1. The minimum atomic E-state index is -0.617. The van der Waals surface area contributed by atoms with Crippen molar-refractivity contribution in [2.75, 3.05) is 19.5 Å². The Balaban J connectivity index is 1.65. The fourth-order valence-electron chi connectivity index (χ4n) is 4.38. The highest BCUT2D eigenvalue weighted by Crippen LogP contribution is 2.31. The van der Waals surface area contributed by atoms with E-state index in [2.05, 4.69) is 10.3 Å². The van der Waals surface area contributed by atoms with Crippen LogP contribution in [0, 0.1) is 0 Å². The lowest BCUT2D eigenvalue weighted by Gasteiger charge is -2.25. The van der Waals surface area contributed by atoms with E-state index in [0.29, 0.717) is 37.8 Å². The lowest BCUT2D eigenvalue weighted by atomic mass is 9.95. The molecule has 0 spiro atoms. The van der Waals surface area contributed by atoms with Crippen LogP contribution in [0.5, 0.6) is 11.5 Å². The summed E-state index contributed by atoms with van der Waals surface area (Å²) < 4.78 is 12.8. The predicted molar refractivity (Wildman–Crippen MR) is 145 cm³/mol. The maximum atomic E-state index is 13.8. The highest BCUT2D eigenvalue weighted by molar-refractivity contribution is 7.07. The van der Waals surface area contributed by atoms with E-state index >= 15 is 0 Å². The lowest BCUT2D eigenvalue weighted by Crippen LogP contribution is -2.40. The normalized spacial score (nSPS) is 15.1. The number of ether oxygens (including phenoxy) is 2. The summed E-state index contributed by atoms with van der Waals surface area (Å²) in [5, 5.41) is 2.96. The topological polar surface area (TPSA) is 81.9 Å². The van der Waals surface area contributed by atoms with Crippen molar-refractivity contribution in [2.45, 2.75) is 13.0 Å². The lowest BCUT2D eigenvalue weighted by molar-refractivity contribution is -0.113. The van der Waals surface area contributed by atoms with Gasteiger partial charge in [-0.05, 0) is 48.4 Å². The average Bonchev–Trinajstić information content (AvgIpc) is 3.22. The van der Waals surface area contributed by atoms with Crippen LogP contribution in [0.2, 0.25) is 0 Å². The first-order valence-electron chi connectivity index (χ1n) is 11.7. The van der Waals surface area contributed by atoms with Crippen molar-refractivity contribution in [3.8, 4) is 11.5 Å². The van der Waals surface area contributed by atoms with Gasteiger partial charge in [-0.15, -0.1) is 0 Å². The molecular weight excluding hydrogens is 486 g/mol. The summed E-state index contributed by atoms with van der Waals surface area (Å²) in [6.07, 6.45) is 1.80. The van der Waals surface area contributed by atoms with Crippen molar-refractivity contribution in [1.82, 2.24) is 4.57 Å².